The fourth-order valence-corrected chi connectivity index (χ4v) is 2.30. The van der Waals surface area contributed by atoms with Crippen LogP contribution in [0.5, 0.6) is 0 Å². The maximum atomic E-state index is 11.3. The summed E-state index contributed by atoms with van der Waals surface area (Å²) in [6, 6.07) is 6.15. The van der Waals surface area contributed by atoms with Crippen LogP contribution in [0, 0.1) is 0 Å². The van der Waals surface area contributed by atoms with Gasteiger partial charge in [0.1, 0.15) is 0 Å². The average molecular weight is 288 g/mol. The van der Waals surface area contributed by atoms with Crippen molar-refractivity contribution >= 4 is 11.5 Å². The van der Waals surface area contributed by atoms with Crippen molar-refractivity contribution in [2.45, 2.75) is 65.2 Å². The van der Waals surface area contributed by atoms with Crippen molar-refractivity contribution < 1.29 is 9.90 Å². The van der Waals surface area contributed by atoms with Crippen molar-refractivity contribution in [2.24, 2.45) is 0 Å². The van der Waals surface area contributed by atoms with Gasteiger partial charge in [-0.3, -0.25) is 0 Å². The molecule has 0 amide bonds. The standard InChI is InChI=1S/C19H28O2/c1-8-18(4,5)14-10-11-15(13(3)17(20)21)16(12-14)19(6,7)9-2/h10-12H,3,8-9H2,1-2,4-7H3,(H,20,21). The van der Waals surface area contributed by atoms with Crippen molar-refractivity contribution in [3.05, 3.63) is 41.5 Å². The molecular weight excluding hydrogens is 260 g/mol. The Labute approximate surface area is 128 Å². The van der Waals surface area contributed by atoms with Crippen LogP contribution in [0.3, 0.4) is 0 Å². The zero-order chi connectivity index (χ0) is 16.4. The van der Waals surface area contributed by atoms with E-state index in [-0.39, 0.29) is 16.4 Å². The van der Waals surface area contributed by atoms with Gasteiger partial charge in [-0.2, -0.15) is 0 Å². The largest absolute Gasteiger partial charge is 0.478 e. The first-order valence-electron chi connectivity index (χ1n) is 7.64. The van der Waals surface area contributed by atoms with E-state index in [9.17, 15) is 9.90 Å². The lowest BCUT2D eigenvalue weighted by Crippen LogP contribution is -2.22. The van der Waals surface area contributed by atoms with Crippen LogP contribution in [-0.4, -0.2) is 11.1 Å². The van der Waals surface area contributed by atoms with Crippen LogP contribution in [0.4, 0.5) is 0 Å². The van der Waals surface area contributed by atoms with Gasteiger partial charge in [0, 0.05) is 0 Å². The minimum Gasteiger partial charge on any atom is -0.478 e. The van der Waals surface area contributed by atoms with Crippen molar-refractivity contribution in [3.8, 4) is 0 Å². The van der Waals surface area contributed by atoms with Gasteiger partial charge in [-0.05, 0) is 40.4 Å². The zero-order valence-corrected chi connectivity index (χ0v) is 14.2. The predicted octanol–water partition coefficient (Wildman–Crippen LogP) is 5.16. The van der Waals surface area contributed by atoms with E-state index in [1.54, 1.807) is 0 Å². The van der Waals surface area contributed by atoms with Crippen LogP contribution in [-0.2, 0) is 15.6 Å². The normalized spacial score (nSPS) is 12.3. The molecule has 0 aromatic heterocycles. The molecule has 0 bridgehead atoms. The van der Waals surface area contributed by atoms with Gasteiger partial charge in [0.15, 0.2) is 0 Å². The van der Waals surface area contributed by atoms with Gasteiger partial charge in [0.25, 0.3) is 0 Å². The molecule has 0 radical (unpaired) electrons. The molecule has 0 unspecified atom stereocenters. The quantitative estimate of drug-likeness (QED) is 0.734. The topological polar surface area (TPSA) is 37.3 Å². The first-order chi connectivity index (χ1) is 9.56. The van der Waals surface area contributed by atoms with Gasteiger partial charge in [0.05, 0.1) is 5.57 Å². The van der Waals surface area contributed by atoms with E-state index in [1.807, 2.05) is 12.1 Å². The molecule has 116 valence electrons. The molecule has 0 fully saturated rings. The minimum absolute atomic E-state index is 0.0758. The maximum Gasteiger partial charge on any atom is 0.335 e. The van der Waals surface area contributed by atoms with E-state index in [0.717, 1.165) is 24.0 Å². The molecule has 1 rings (SSSR count). The Kier molecular flexibility index (Phi) is 5.03. The van der Waals surface area contributed by atoms with Crippen LogP contribution in [0.25, 0.3) is 5.57 Å². The Morgan fingerprint density at radius 2 is 1.62 bits per heavy atom. The van der Waals surface area contributed by atoms with Gasteiger partial charge in [0.2, 0.25) is 0 Å². The molecule has 0 heterocycles. The number of rotatable bonds is 6. The smallest absolute Gasteiger partial charge is 0.335 e. The average Bonchev–Trinajstić information content (AvgIpc) is 2.45. The lowest BCUT2D eigenvalue weighted by molar-refractivity contribution is -0.130. The summed E-state index contributed by atoms with van der Waals surface area (Å²) >= 11 is 0. The highest BCUT2D eigenvalue weighted by Crippen LogP contribution is 2.37. The molecule has 21 heavy (non-hydrogen) atoms. The molecular formula is C19H28O2. The summed E-state index contributed by atoms with van der Waals surface area (Å²) < 4.78 is 0. The van der Waals surface area contributed by atoms with E-state index in [2.05, 4.69) is 54.2 Å². The molecule has 2 heteroatoms. The second-order valence-corrected chi connectivity index (χ2v) is 7.02. The maximum absolute atomic E-state index is 11.3. The van der Waals surface area contributed by atoms with E-state index >= 15 is 0 Å². The van der Waals surface area contributed by atoms with Crippen molar-refractivity contribution in [1.29, 1.82) is 0 Å². The van der Waals surface area contributed by atoms with E-state index in [0.29, 0.717) is 0 Å². The first-order valence-corrected chi connectivity index (χ1v) is 7.64. The van der Waals surface area contributed by atoms with Gasteiger partial charge >= 0.3 is 5.97 Å². The van der Waals surface area contributed by atoms with E-state index in [4.69, 9.17) is 0 Å². The fourth-order valence-electron chi connectivity index (χ4n) is 2.30. The summed E-state index contributed by atoms with van der Waals surface area (Å²) in [6.45, 7) is 16.8. The number of hydrogen-bond acceptors (Lipinski definition) is 1. The summed E-state index contributed by atoms with van der Waals surface area (Å²) in [7, 11) is 0. The summed E-state index contributed by atoms with van der Waals surface area (Å²) in [5.41, 5.74) is 3.27. The highest BCUT2D eigenvalue weighted by molar-refractivity contribution is 6.15. The van der Waals surface area contributed by atoms with E-state index in [1.165, 1.54) is 5.56 Å². The molecule has 0 aliphatic heterocycles. The van der Waals surface area contributed by atoms with Gasteiger partial charge in [-0.15, -0.1) is 0 Å². The summed E-state index contributed by atoms with van der Waals surface area (Å²) in [5, 5.41) is 9.27. The molecule has 0 atom stereocenters. The van der Waals surface area contributed by atoms with Crippen LogP contribution < -0.4 is 0 Å². The number of carbonyl (C=O) groups is 1. The molecule has 0 aliphatic rings. The molecule has 0 aliphatic carbocycles. The molecule has 1 N–H and O–H groups in total. The second-order valence-electron chi connectivity index (χ2n) is 7.02. The Hall–Kier alpha value is -1.57. The van der Waals surface area contributed by atoms with Gasteiger partial charge < -0.3 is 5.11 Å². The molecule has 2 nitrogen and oxygen atoms in total. The van der Waals surface area contributed by atoms with Crippen molar-refractivity contribution in [2.75, 3.05) is 0 Å². The molecule has 0 spiro atoms. The van der Waals surface area contributed by atoms with Crippen LogP contribution in [0.1, 0.15) is 71.1 Å². The van der Waals surface area contributed by atoms with E-state index < -0.39 is 5.97 Å². The Morgan fingerprint density at radius 3 is 2.05 bits per heavy atom. The fraction of sp³-hybridized carbons (Fsp3) is 0.526. The van der Waals surface area contributed by atoms with Crippen molar-refractivity contribution in [3.63, 3.8) is 0 Å². The van der Waals surface area contributed by atoms with Crippen LogP contribution in [0.2, 0.25) is 0 Å². The third kappa shape index (κ3) is 3.55. The highest BCUT2D eigenvalue weighted by Gasteiger charge is 2.27. The lowest BCUT2D eigenvalue weighted by atomic mass is 9.74. The SMILES string of the molecule is C=C(C(=O)O)c1ccc(C(C)(C)CC)cc1C(C)(C)CC. The second kappa shape index (κ2) is 6.05. The summed E-state index contributed by atoms with van der Waals surface area (Å²) in [6.07, 6.45) is 1.99. The number of carboxylic acids is 1. The summed E-state index contributed by atoms with van der Waals surface area (Å²) in [4.78, 5) is 11.3. The number of hydrogen-bond donors (Lipinski definition) is 1. The molecule has 1 aromatic carbocycles. The Balaban J connectivity index is 3.55. The van der Waals surface area contributed by atoms with Crippen LogP contribution >= 0.6 is 0 Å². The third-order valence-electron chi connectivity index (χ3n) is 4.88. The first kappa shape index (κ1) is 17.5. The monoisotopic (exact) mass is 288 g/mol. The zero-order valence-electron chi connectivity index (χ0n) is 14.2. The predicted molar refractivity (Wildman–Crippen MR) is 89.7 cm³/mol. The third-order valence-corrected chi connectivity index (χ3v) is 4.88. The van der Waals surface area contributed by atoms with Crippen molar-refractivity contribution in [1.82, 2.24) is 0 Å². The molecule has 0 saturated carbocycles. The lowest BCUT2D eigenvalue weighted by Gasteiger charge is -2.30. The summed E-state index contributed by atoms with van der Waals surface area (Å²) in [5.74, 6) is -0.953. The number of benzene rings is 1. The Bertz CT molecular complexity index is 551. The number of carboxylic acid groups (broad SMARTS) is 1. The highest BCUT2D eigenvalue weighted by atomic mass is 16.4. The Morgan fingerprint density at radius 1 is 1.10 bits per heavy atom. The molecule has 0 saturated heterocycles. The minimum atomic E-state index is -0.953. The molecule has 1 aromatic rings. The number of aliphatic carboxylic acids is 1. The van der Waals surface area contributed by atoms with Gasteiger partial charge in [-0.25, -0.2) is 4.79 Å². The van der Waals surface area contributed by atoms with Gasteiger partial charge in [-0.1, -0.05) is 66.3 Å². The van der Waals surface area contributed by atoms with Crippen LogP contribution in [0.15, 0.2) is 24.8 Å².